The fourth-order valence-electron chi connectivity index (χ4n) is 4.76. The highest BCUT2D eigenvalue weighted by Crippen LogP contribution is 2.39. The molecule has 0 spiro atoms. The summed E-state index contributed by atoms with van der Waals surface area (Å²) >= 11 is 3.48. The standard InChI is InChI=1S/C27H25BrN2O3/c1-3-29(4-2)15-16-30-23(18-9-12-19(28)13-10-18)22-24(31)21-14-11-17-7-5-6-8-20(17)25(21)33-26(22)27(30)32/h5-14,23H,3-4,15-16H2,1-2H3. The van der Waals surface area contributed by atoms with Crippen molar-refractivity contribution < 1.29 is 9.21 Å². The molecule has 1 aromatic heterocycles. The number of hydrogen-bond acceptors (Lipinski definition) is 4. The summed E-state index contributed by atoms with van der Waals surface area (Å²) in [5.41, 5.74) is 1.68. The molecule has 1 aliphatic heterocycles. The number of likely N-dealkylation sites (N-methyl/N-ethyl adjacent to an activating group) is 1. The van der Waals surface area contributed by atoms with Crippen LogP contribution in [-0.4, -0.2) is 41.9 Å². The molecule has 0 bridgehead atoms. The molecule has 3 aromatic carbocycles. The Bertz CT molecular complexity index is 1410. The van der Waals surface area contributed by atoms with Gasteiger partial charge in [0.05, 0.1) is 17.0 Å². The fourth-order valence-corrected chi connectivity index (χ4v) is 5.02. The average molecular weight is 505 g/mol. The van der Waals surface area contributed by atoms with Crippen LogP contribution in [-0.2, 0) is 0 Å². The van der Waals surface area contributed by atoms with Crippen molar-refractivity contribution in [2.75, 3.05) is 26.2 Å². The van der Waals surface area contributed by atoms with Crippen molar-refractivity contribution in [1.29, 1.82) is 0 Å². The number of benzene rings is 3. The van der Waals surface area contributed by atoms with E-state index in [4.69, 9.17) is 4.42 Å². The van der Waals surface area contributed by atoms with Crippen molar-refractivity contribution >= 4 is 43.6 Å². The quantitative estimate of drug-likeness (QED) is 0.321. The molecule has 1 atom stereocenters. The summed E-state index contributed by atoms with van der Waals surface area (Å²) in [6.45, 7) is 7.28. The molecule has 168 valence electrons. The van der Waals surface area contributed by atoms with Gasteiger partial charge in [0, 0.05) is 22.9 Å². The Morgan fingerprint density at radius 2 is 1.67 bits per heavy atom. The Morgan fingerprint density at radius 1 is 0.939 bits per heavy atom. The average Bonchev–Trinajstić information content (AvgIpc) is 3.12. The highest BCUT2D eigenvalue weighted by Gasteiger charge is 2.42. The lowest BCUT2D eigenvalue weighted by Crippen LogP contribution is -2.37. The van der Waals surface area contributed by atoms with Crippen molar-refractivity contribution in [3.63, 3.8) is 0 Å². The van der Waals surface area contributed by atoms with Crippen LogP contribution in [0.15, 0.2) is 74.3 Å². The number of halogens is 1. The second-order valence-corrected chi connectivity index (χ2v) is 9.23. The molecule has 1 aliphatic rings. The first-order valence-electron chi connectivity index (χ1n) is 11.3. The van der Waals surface area contributed by atoms with Crippen molar-refractivity contribution in [3.05, 3.63) is 92.2 Å². The Labute approximate surface area is 200 Å². The van der Waals surface area contributed by atoms with Crippen LogP contribution in [0.4, 0.5) is 0 Å². The maximum Gasteiger partial charge on any atom is 0.290 e. The predicted molar refractivity (Wildman–Crippen MR) is 135 cm³/mol. The van der Waals surface area contributed by atoms with E-state index < -0.39 is 6.04 Å². The first-order chi connectivity index (χ1) is 16.0. The van der Waals surface area contributed by atoms with Gasteiger partial charge in [-0.25, -0.2) is 0 Å². The largest absolute Gasteiger partial charge is 0.450 e. The third-order valence-electron chi connectivity index (χ3n) is 6.60. The van der Waals surface area contributed by atoms with E-state index in [2.05, 4.69) is 34.7 Å². The summed E-state index contributed by atoms with van der Waals surface area (Å²) in [5.74, 6) is -0.0617. The van der Waals surface area contributed by atoms with Gasteiger partial charge in [0.2, 0.25) is 5.76 Å². The summed E-state index contributed by atoms with van der Waals surface area (Å²) < 4.78 is 7.21. The van der Waals surface area contributed by atoms with E-state index >= 15 is 0 Å². The van der Waals surface area contributed by atoms with Crippen LogP contribution in [0.5, 0.6) is 0 Å². The van der Waals surface area contributed by atoms with E-state index in [9.17, 15) is 9.59 Å². The van der Waals surface area contributed by atoms with E-state index in [1.54, 1.807) is 4.90 Å². The van der Waals surface area contributed by atoms with Crippen LogP contribution in [0.2, 0.25) is 0 Å². The SMILES string of the molecule is CCN(CC)CCN1C(=O)c2oc3c(ccc4ccccc43)c(=O)c2C1c1ccc(Br)cc1. The lowest BCUT2D eigenvalue weighted by atomic mass is 9.97. The Kier molecular flexibility index (Phi) is 5.81. The minimum atomic E-state index is -0.469. The molecule has 0 radical (unpaired) electrons. The zero-order chi connectivity index (χ0) is 23.1. The number of amides is 1. The van der Waals surface area contributed by atoms with Crippen LogP contribution in [0.3, 0.4) is 0 Å². The third-order valence-corrected chi connectivity index (χ3v) is 7.12. The topological polar surface area (TPSA) is 53.8 Å². The molecule has 2 heterocycles. The van der Waals surface area contributed by atoms with E-state index in [0.29, 0.717) is 23.1 Å². The molecule has 0 N–H and O–H groups in total. The molecule has 33 heavy (non-hydrogen) atoms. The Hall–Kier alpha value is -2.96. The summed E-state index contributed by atoms with van der Waals surface area (Å²) in [5, 5.41) is 2.32. The summed E-state index contributed by atoms with van der Waals surface area (Å²) in [6.07, 6.45) is 0. The fraction of sp³-hybridized carbons (Fsp3) is 0.259. The second kappa shape index (κ2) is 8.76. The maximum atomic E-state index is 13.8. The minimum absolute atomic E-state index is 0.136. The second-order valence-electron chi connectivity index (χ2n) is 8.32. The van der Waals surface area contributed by atoms with E-state index in [1.807, 2.05) is 60.7 Å². The van der Waals surface area contributed by atoms with Crippen molar-refractivity contribution in [2.24, 2.45) is 0 Å². The molecule has 6 heteroatoms. The molecule has 0 aliphatic carbocycles. The minimum Gasteiger partial charge on any atom is -0.450 e. The van der Waals surface area contributed by atoms with Crippen LogP contribution < -0.4 is 5.43 Å². The lowest BCUT2D eigenvalue weighted by Gasteiger charge is -2.28. The molecular weight excluding hydrogens is 480 g/mol. The number of rotatable bonds is 6. The van der Waals surface area contributed by atoms with Gasteiger partial charge in [-0.1, -0.05) is 72.2 Å². The number of hydrogen-bond donors (Lipinski definition) is 0. The van der Waals surface area contributed by atoms with Gasteiger partial charge in [-0.05, 0) is 42.2 Å². The normalized spacial score (nSPS) is 15.7. The van der Waals surface area contributed by atoms with Gasteiger partial charge in [0.25, 0.3) is 5.91 Å². The van der Waals surface area contributed by atoms with Crippen LogP contribution >= 0.6 is 15.9 Å². The summed E-state index contributed by atoms with van der Waals surface area (Å²) in [4.78, 5) is 31.5. The number of carbonyl (C=O) groups is 1. The summed E-state index contributed by atoms with van der Waals surface area (Å²) in [6, 6.07) is 18.9. The Morgan fingerprint density at radius 3 is 2.39 bits per heavy atom. The third kappa shape index (κ3) is 3.67. The highest BCUT2D eigenvalue weighted by molar-refractivity contribution is 9.10. The predicted octanol–water partition coefficient (Wildman–Crippen LogP) is 5.60. The lowest BCUT2D eigenvalue weighted by molar-refractivity contribution is 0.0708. The summed E-state index contributed by atoms with van der Waals surface area (Å²) in [7, 11) is 0. The molecular formula is C27H25BrN2O3. The monoisotopic (exact) mass is 504 g/mol. The molecule has 1 unspecified atom stereocenters. The number of carbonyl (C=O) groups excluding carboxylic acids is 1. The van der Waals surface area contributed by atoms with Gasteiger partial charge in [-0.2, -0.15) is 0 Å². The smallest absolute Gasteiger partial charge is 0.290 e. The van der Waals surface area contributed by atoms with E-state index in [0.717, 1.165) is 40.4 Å². The zero-order valence-corrected chi connectivity index (χ0v) is 20.3. The molecule has 4 aromatic rings. The van der Waals surface area contributed by atoms with Gasteiger partial charge in [-0.3, -0.25) is 9.59 Å². The molecule has 1 amide bonds. The van der Waals surface area contributed by atoms with Crippen molar-refractivity contribution in [2.45, 2.75) is 19.9 Å². The van der Waals surface area contributed by atoms with Crippen molar-refractivity contribution in [3.8, 4) is 0 Å². The van der Waals surface area contributed by atoms with Crippen LogP contribution in [0.25, 0.3) is 21.7 Å². The van der Waals surface area contributed by atoms with Crippen molar-refractivity contribution in [1.82, 2.24) is 9.80 Å². The van der Waals surface area contributed by atoms with Gasteiger partial charge in [0.15, 0.2) is 5.43 Å². The first-order valence-corrected chi connectivity index (χ1v) is 12.1. The van der Waals surface area contributed by atoms with Gasteiger partial charge in [-0.15, -0.1) is 0 Å². The number of fused-ring (bicyclic) bond motifs is 4. The molecule has 0 saturated heterocycles. The van der Waals surface area contributed by atoms with Crippen LogP contribution in [0, 0.1) is 0 Å². The zero-order valence-electron chi connectivity index (χ0n) is 18.7. The molecule has 5 rings (SSSR count). The highest BCUT2D eigenvalue weighted by atomic mass is 79.9. The van der Waals surface area contributed by atoms with Gasteiger partial charge in [0.1, 0.15) is 5.58 Å². The molecule has 5 nitrogen and oxygen atoms in total. The first kappa shape index (κ1) is 21.9. The molecule has 0 fully saturated rings. The van der Waals surface area contributed by atoms with Crippen LogP contribution in [0.1, 0.15) is 41.6 Å². The Balaban J connectivity index is 1.71. The maximum absolute atomic E-state index is 13.8. The van der Waals surface area contributed by atoms with Gasteiger partial charge < -0.3 is 14.2 Å². The molecule has 0 saturated carbocycles. The van der Waals surface area contributed by atoms with E-state index in [1.165, 1.54) is 0 Å². The van der Waals surface area contributed by atoms with Gasteiger partial charge >= 0.3 is 0 Å². The number of nitrogens with zero attached hydrogens (tertiary/aromatic N) is 2. The van der Waals surface area contributed by atoms with E-state index in [-0.39, 0.29) is 17.1 Å².